The number of alkyl halides is 3. The van der Waals surface area contributed by atoms with Crippen LogP contribution in [0.4, 0.5) is 18.9 Å². The van der Waals surface area contributed by atoms with Crippen LogP contribution in [0, 0.1) is 0 Å². The number of nitrogens with one attached hydrogen (secondary N) is 1. The zero-order chi connectivity index (χ0) is 12.0. The zero-order valence-corrected chi connectivity index (χ0v) is 9.79. The molecule has 1 nitrogen and oxygen atoms in total. The van der Waals surface area contributed by atoms with Crippen LogP contribution in [0.5, 0.6) is 0 Å². The van der Waals surface area contributed by atoms with E-state index in [4.69, 9.17) is 0 Å². The van der Waals surface area contributed by atoms with Gasteiger partial charge < -0.3 is 5.32 Å². The third-order valence-electron chi connectivity index (χ3n) is 2.04. The van der Waals surface area contributed by atoms with Crippen molar-refractivity contribution in [1.82, 2.24) is 0 Å². The van der Waals surface area contributed by atoms with Gasteiger partial charge in [-0.2, -0.15) is 13.2 Å². The van der Waals surface area contributed by atoms with Crippen LogP contribution in [0.15, 0.2) is 29.2 Å². The zero-order valence-electron chi connectivity index (χ0n) is 8.97. The Balaban J connectivity index is 2.32. The van der Waals surface area contributed by atoms with Crippen molar-refractivity contribution in [3.8, 4) is 0 Å². The van der Waals surface area contributed by atoms with Gasteiger partial charge in [0, 0.05) is 23.5 Å². The number of anilines is 1. The lowest BCUT2D eigenvalue weighted by molar-refractivity contribution is -0.134. The fraction of sp³-hybridized carbons (Fsp3) is 0.455. The molecule has 1 rings (SSSR count). The van der Waals surface area contributed by atoms with Gasteiger partial charge >= 0.3 is 6.18 Å². The maximum absolute atomic E-state index is 11.9. The standard InChI is InChI=1S/C11H14F3NS/c1-16-10-5-2-4-9(8-10)15-7-3-6-11(12,13)14/h2,4-5,8,15H,3,6-7H2,1H3. The smallest absolute Gasteiger partial charge is 0.385 e. The number of hydrogen-bond donors (Lipinski definition) is 1. The third kappa shape index (κ3) is 5.30. The minimum Gasteiger partial charge on any atom is -0.385 e. The Morgan fingerprint density at radius 2 is 2.06 bits per heavy atom. The first kappa shape index (κ1) is 13.2. The number of benzene rings is 1. The van der Waals surface area contributed by atoms with Crippen LogP contribution in [0.3, 0.4) is 0 Å². The second-order valence-corrected chi connectivity index (χ2v) is 4.26. The summed E-state index contributed by atoms with van der Waals surface area (Å²) in [6, 6.07) is 7.63. The molecular weight excluding hydrogens is 235 g/mol. The number of halogens is 3. The molecule has 1 N–H and O–H groups in total. The molecule has 1 aromatic rings. The third-order valence-corrected chi connectivity index (χ3v) is 2.76. The molecule has 0 saturated heterocycles. The average molecular weight is 249 g/mol. The van der Waals surface area contributed by atoms with E-state index < -0.39 is 12.6 Å². The number of thioether (sulfide) groups is 1. The molecule has 0 aliphatic rings. The van der Waals surface area contributed by atoms with Gasteiger partial charge in [-0.3, -0.25) is 0 Å². The van der Waals surface area contributed by atoms with E-state index in [0.717, 1.165) is 10.6 Å². The molecule has 0 saturated carbocycles. The van der Waals surface area contributed by atoms with Gasteiger partial charge in [-0.1, -0.05) is 6.07 Å². The molecule has 0 aliphatic heterocycles. The first-order valence-electron chi connectivity index (χ1n) is 4.96. The van der Waals surface area contributed by atoms with E-state index in [1.165, 1.54) is 0 Å². The van der Waals surface area contributed by atoms with Gasteiger partial charge in [0.2, 0.25) is 0 Å². The van der Waals surface area contributed by atoms with E-state index in [-0.39, 0.29) is 6.42 Å². The summed E-state index contributed by atoms with van der Waals surface area (Å²) in [4.78, 5) is 1.10. The SMILES string of the molecule is CSc1cccc(NCCCC(F)(F)F)c1. The van der Waals surface area contributed by atoms with Gasteiger partial charge in [0.25, 0.3) is 0 Å². The minimum absolute atomic E-state index is 0.104. The summed E-state index contributed by atoms with van der Waals surface area (Å²) in [5.74, 6) is 0. The highest BCUT2D eigenvalue weighted by atomic mass is 32.2. The fourth-order valence-corrected chi connectivity index (χ4v) is 1.71. The molecule has 0 aromatic heterocycles. The van der Waals surface area contributed by atoms with Crippen molar-refractivity contribution in [3.05, 3.63) is 24.3 Å². The van der Waals surface area contributed by atoms with Crippen LogP contribution in [-0.4, -0.2) is 19.0 Å². The van der Waals surface area contributed by atoms with Crippen LogP contribution >= 0.6 is 11.8 Å². The van der Waals surface area contributed by atoms with Gasteiger partial charge in [0.05, 0.1) is 0 Å². The molecule has 90 valence electrons. The highest BCUT2D eigenvalue weighted by molar-refractivity contribution is 7.98. The highest BCUT2D eigenvalue weighted by Gasteiger charge is 2.25. The Hall–Kier alpha value is -0.840. The fourth-order valence-electron chi connectivity index (χ4n) is 1.25. The topological polar surface area (TPSA) is 12.0 Å². The molecule has 0 fully saturated rings. The quantitative estimate of drug-likeness (QED) is 0.621. The summed E-state index contributed by atoms with van der Waals surface area (Å²) in [5, 5.41) is 2.98. The Labute approximate surface area is 97.4 Å². The Morgan fingerprint density at radius 1 is 1.31 bits per heavy atom. The Morgan fingerprint density at radius 3 is 2.69 bits per heavy atom. The molecule has 0 aliphatic carbocycles. The summed E-state index contributed by atoms with van der Waals surface area (Å²) in [6.07, 6.45) is -2.72. The van der Waals surface area contributed by atoms with Crippen LogP contribution in [-0.2, 0) is 0 Å². The van der Waals surface area contributed by atoms with Crippen LogP contribution < -0.4 is 5.32 Å². The van der Waals surface area contributed by atoms with Gasteiger partial charge in [-0.25, -0.2) is 0 Å². The Kier molecular flexibility index (Phi) is 4.99. The molecule has 0 atom stereocenters. The number of rotatable bonds is 5. The average Bonchev–Trinajstić information content (AvgIpc) is 2.23. The van der Waals surface area contributed by atoms with E-state index in [9.17, 15) is 13.2 Å². The monoisotopic (exact) mass is 249 g/mol. The second-order valence-electron chi connectivity index (χ2n) is 3.38. The Bertz CT molecular complexity index is 325. The lowest BCUT2D eigenvalue weighted by Crippen LogP contribution is -2.10. The predicted molar refractivity (Wildman–Crippen MR) is 62.0 cm³/mol. The summed E-state index contributed by atoms with van der Waals surface area (Å²) in [7, 11) is 0. The first-order valence-corrected chi connectivity index (χ1v) is 6.18. The van der Waals surface area contributed by atoms with Gasteiger partial charge in [-0.05, 0) is 30.9 Å². The first-order chi connectivity index (χ1) is 7.51. The lowest BCUT2D eigenvalue weighted by atomic mass is 10.3. The summed E-state index contributed by atoms with van der Waals surface area (Å²) in [5.41, 5.74) is 0.869. The van der Waals surface area contributed by atoms with Crippen molar-refractivity contribution in [2.24, 2.45) is 0 Å². The summed E-state index contributed by atoms with van der Waals surface area (Å²) in [6.45, 7) is 0.345. The molecule has 0 amide bonds. The van der Waals surface area contributed by atoms with Gasteiger partial charge in [-0.15, -0.1) is 11.8 Å². The molecule has 0 spiro atoms. The molecule has 16 heavy (non-hydrogen) atoms. The van der Waals surface area contributed by atoms with E-state index in [1.807, 2.05) is 30.5 Å². The minimum atomic E-state index is -4.05. The normalized spacial score (nSPS) is 11.5. The van der Waals surface area contributed by atoms with Crippen LogP contribution in [0.2, 0.25) is 0 Å². The molecular formula is C11H14F3NS. The second kappa shape index (κ2) is 6.03. The van der Waals surface area contributed by atoms with Gasteiger partial charge in [0.15, 0.2) is 0 Å². The lowest BCUT2D eigenvalue weighted by Gasteiger charge is -2.09. The van der Waals surface area contributed by atoms with Crippen molar-refractivity contribution in [2.75, 3.05) is 18.1 Å². The summed E-state index contributed by atoms with van der Waals surface area (Å²) < 4.78 is 35.6. The molecule has 5 heteroatoms. The summed E-state index contributed by atoms with van der Waals surface area (Å²) >= 11 is 1.61. The largest absolute Gasteiger partial charge is 0.389 e. The van der Waals surface area contributed by atoms with Crippen molar-refractivity contribution in [1.29, 1.82) is 0 Å². The van der Waals surface area contributed by atoms with Crippen LogP contribution in [0.1, 0.15) is 12.8 Å². The predicted octanol–water partition coefficient (Wildman–Crippen LogP) is 4.16. The highest BCUT2D eigenvalue weighted by Crippen LogP contribution is 2.22. The van der Waals surface area contributed by atoms with E-state index in [1.54, 1.807) is 11.8 Å². The van der Waals surface area contributed by atoms with E-state index >= 15 is 0 Å². The van der Waals surface area contributed by atoms with E-state index in [0.29, 0.717) is 6.54 Å². The maximum Gasteiger partial charge on any atom is 0.389 e. The molecule has 0 radical (unpaired) electrons. The molecule has 0 unspecified atom stereocenters. The number of hydrogen-bond acceptors (Lipinski definition) is 2. The maximum atomic E-state index is 11.9. The van der Waals surface area contributed by atoms with Gasteiger partial charge in [0.1, 0.15) is 0 Å². The molecule has 0 heterocycles. The van der Waals surface area contributed by atoms with E-state index in [2.05, 4.69) is 5.32 Å². The van der Waals surface area contributed by atoms with Crippen molar-refractivity contribution in [3.63, 3.8) is 0 Å². The van der Waals surface area contributed by atoms with Crippen molar-refractivity contribution >= 4 is 17.4 Å². The molecule has 0 bridgehead atoms. The van der Waals surface area contributed by atoms with Crippen LogP contribution in [0.25, 0.3) is 0 Å². The van der Waals surface area contributed by atoms with Crippen molar-refractivity contribution in [2.45, 2.75) is 23.9 Å². The van der Waals surface area contributed by atoms with Crippen molar-refractivity contribution < 1.29 is 13.2 Å². The molecule has 1 aromatic carbocycles.